The molecule has 0 aliphatic heterocycles. The Morgan fingerprint density at radius 3 is 2.82 bits per heavy atom. The summed E-state index contributed by atoms with van der Waals surface area (Å²) in [5, 5.41) is 23.8. The maximum atomic E-state index is 12.4. The normalized spacial score (nSPS) is 10.9. The maximum Gasteiger partial charge on any atom is 0.349 e. The van der Waals surface area contributed by atoms with Crippen molar-refractivity contribution in [3.63, 3.8) is 0 Å². The lowest BCUT2D eigenvalue weighted by atomic mass is 10.2. The van der Waals surface area contributed by atoms with Crippen LogP contribution >= 0.6 is 11.6 Å². The van der Waals surface area contributed by atoms with E-state index in [9.17, 15) is 19.7 Å². The Labute approximate surface area is 161 Å². The van der Waals surface area contributed by atoms with Gasteiger partial charge in [0, 0.05) is 11.6 Å². The molecule has 3 aromatic rings. The fourth-order valence-electron chi connectivity index (χ4n) is 2.44. The lowest BCUT2D eigenvalue weighted by Gasteiger charge is -2.06. The van der Waals surface area contributed by atoms with Gasteiger partial charge in [-0.2, -0.15) is 10.4 Å². The highest BCUT2D eigenvalue weighted by molar-refractivity contribution is 6.32. The zero-order valence-corrected chi connectivity index (χ0v) is 14.7. The maximum absolute atomic E-state index is 12.4. The number of ether oxygens (including phenoxy) is 1. The third kappa shape index (κ3) is 3.60. The Kier molecular flexibility index (Phi) is 5.19. The zero-order chi connectivity index (χ0) is 20.3. The average Bonchev–Trinajstić information content (AvgIpc) is 2.66. The number of nitro benzene ring substituents is 1. The number of rotatable bonds is 5. The zero-order valence-electron chi connectivity index (χ0n) is 14.0. The number of nitrogens with one attached hydrogen (secondary N) is 1. The fraction of sp³-hybridized carbons (Fsp3) is 0.0588. The molecular formula is C17H10ClN5O5. The van der Waals surface area contributed by atoms with Crippen molar-refractivity contribution in [2.24, 2.45) is 5.10 Å². The number of para-hydroxylation sites is 1. The number of benzene rings is 2. The Morgan fingerprint density at radius 1 is 1.36 bits per heavy atom. The van der Waals surface area contributed by atoms with Gasteiger partial charge in [0.1, 0.15) is 6.07 Å². The second-order valence-electron chi connectivity index (χ2n) is 5.39. The molecule has 0 fully saturated rings. The summed E-state index contributed by atoms with van der Waals surface area (Å²) in [5.74, 6) is -0.258. The highest BCUT2D eigenvalue weighted by Crippen LogP contribution is 2.35. The van der Waals surface area contributed by atoms with Gasteiger partial charge in [0.2, 0.25) is 5.75 Å². The van der Waals surface area contributed by atoms with Crippen LogP contribution in [0, 0.1) is 21.4 Å². The van der Waals surface area contributed by atoms with E-state index >= 15 is 0 Å². The number of aromatic nitrogens is 2. The minimum Gasteiger partial charge on any atom is -0.470 e. The largest absolute Gasteiger partial charge is 0.470 e. The second-order valence-corrected chi connectivity index (χ2v) is 5.80. The molecule has 3 rings (SSSR count). The van der Waals surface area contributed by atoms with Crippen LogP contribution in [0.3, 0.4) is 0 Å². The van der Waals surface area contributed by atoms with Crippen molar-refractivity contribution < 1.29 is 9.66 Å². The summed E-state index contributed by atoms with van der Waals surface area (Å²) in [6.07, 6.45) is 1.08. The molecule has 0 amide bonds. The number of nitriles is 1. The molecule has 0 saturated heterocycles. The van der Waals surface area contributed by atoms with Crippen molar-refractivity contribution in [1.29, 1.82) is 5.26 Å². The number of H-pyrrole nitrogens is 1. The van der Waals surface area contributed by atoms with Gasteiger partial charge in [0.25, 0.3) is 5.56 Å². The van der Waals surface area contributed by atoms with Crippen LogP contribution in [0.15, 0.2) is 51.1 Å². The van der Waals surface area contributed by atoms with E-state index in [1.165, 1.54) is 12.1 Å². The predicted molar refractivity (Wildman–Crippen MR) is 101 cm³/mol. The number of nitro groups is 1. The van der Waals surface area contributed by atoms with Gasteiger partial charge >= 0.3 is 11.4 Å². The summed E-state index contributed by atoms with van der Waals surface area (Å²) in [5.41, 5.74) is -1.38. The molecular weight excluding hydrogens is 390 g/mol. The molecule has 0 aliphatic rings. The van der Waals surface area contributed by atoms with Crippen LogP contribution in [0.4, 0.5) is 5.69 Å². The second kappa shape index (κ2) is 7.73. The Hall–Kier alpha value is -3.97. The summed E-state index contributed by atoms with van der Waals surface area (Å²) < 4.78 is 5.59. The van der Waals surface area contributed by atoms with Crippen LogP contribution in [0.2, 0.25) is 5.02 Å². The van der Waals surface area contributed by atoms with Crippen LogP contribution in [0.1, 0.15) is 5.56 Å². The van der Waals surface area contributed by atoms with E-state index in [4.69, 9.17) is 21.6 Å². The van der Waals surface area contributed by atoms with E-state index < -0.39 is 28.5 Å². The molecule has 140 valence electrons. The third-order valence-corrected chi connectivity index (χ3v) is 3.91. The SMILES string of the molecule is N#CCOc1c(Cl)cc(C=Nn2c(=O)[nH]c3ccccc3c2=O)cc1[N+](=O)[O-]. The molecule has 0 aliphatic carbocycles. The molecule has 1 N–H and O–H groups in total. The van der Waals surface area contributed by atoms with Crippen molar-refractivity contribution >= 4 is 34.4 Å². The Morgan fingerprint density at radius 2 is 2.11 bits per heavy atom. The van der Waals surface area contributed by atoms with Crippen LogP contribution in [-0.4, -0.2) is 27.4 Å². The lowest BCUT2D eigenvalue weighted by Crippen LogP contribution is -2.32. The summed E-state index contributed by atoms with van der Waals surface area (Å²) >= 11 is 6.00. The summed E-state index contributed by atoms with van der Waals surface area (Å²) in [6.45, 7) is -0.421. The summed E-state index contributed by atoms with van der Waals surface area (Å²) in [6, 6.07) is 10.5. The monoisotopic (exact) mass is 399 g/mol. The molecule has 0 atom stereocenters. The number of aromatic amines is 1. The molecule has 1 heterocycles. The molecule has 11 heteroatoms. The molecule has 0 spiro atoms. The average molecular weight is 400 g/mol. The predicted octanol–water partition coefficient (Wildman–Crippen LogP) is 2.04. The van der Waals surface area contributed by atoms with Crippen molar-refractivity contribution in [3.05, 3.63) is 77.9 Å². The smallest absolute Gasteiger partial charge is 0.349 e. The molecule has 0 unspecified atom stereocenters. The van der Waals surface area contributed by atoms with Crippen molar-refractivity contribution in [1.82, 2.24) is 9.66 Å². The van der Waals surface area contributed by atoms with Gasteiger partial charge in [0.15, 0.2) is 6.61 Å². The Balaban J connectivity index is 2.07. The number of hydrogen-bond donors (Lipinski definition) is 1. The first-order valence-electron chi connectivity index (χ1n) is 7.68. The van der Waals surface area contributed by atoms with Gasteiger partial charge in [-0.3, -0.25) is 14.9 Å². The Bertz CT molecular complexity index is 1270. The summed E-state index contributed by atoms with van der Waals surface area (Å²) in [4.78, 5) is 37.6. The molecule has 0 saturated carbocycles. The quantitative estimate of drug-likeness (QED) is 0.395. The van der Waals surface area contributed by atoms with E-state index in [1.807, 2.05) is 0 Å². The van der Waals surface area contributed by atoms with Crippen LogP contribution in [0.25, 0.3) is 10.9 Å². The van der Waals surface area contributed by atoms with Gasteiger partial charge in [-0.25, -0.2) is 4.79 Å². The number of nitrogens with zero attached hydrogens (tertiary/aromatic N) is 4. The van der Waals surface area contributed by atoms with Gasteiger partial charge in [-0.1, -0.05) is 23.7 Å². The molecule has 2 aromatic carbocycles. The highest BCUT2D eigenvalue weighted by Gasteiger charge is 2.20. The third-order valence-electron chi connectivity index (χ3n) is 3.63. The summed E-state index contributed by atoms with van der Waals surface area (Å²) in [7, 11) is 0. The number of fused-ring (bicyclic) bond motifs is 1. The highest BCUT2D eigenvalue weighted by atomic mass is 35.5. The van der Waals surface area contributed by atoms with Crippen LogP contribution < -0.4 is 16.0 Å². The minimum absolute atomic E-state index is 0.120. The van der Waals surface area contributed by atoms with Gasteiger partial charge in [0.05, 0.1) is 27.1 Å². The molecule has 28 heavy (non-hydrogen) atoms. The van der Waals surface area contributed by atoms with Crippen molar-refractivity contribution in [2.75, 3.05) is 6.61 Å². The van der Waals surface area contributed by atoms with Crippen LogP contribution in [0.5, 0.6) is 5.75 Å². The minimum atomic E-state index is -0.769. The number of halogens is 1. The topological polar surface area (TPSA) is 143 Å². The van der Waals surface area contributed by atoms with Crippen LogP contribution in [-0.2, 0) is 0 Å². The van der Waals surface area contributed by atoms with Gasteiger partial charge in [-0.15, -0.1) is 4.68 Å². The molecule has 0 radical (unpaired) electrons. The van der Waals surface area contributed by atoms with E-state index in [0.717, 1.165) is 12.3 Å². The lowest BCUT2D eigenvalue weighted by molar-refractivity contribution is -0.385. The molecule has 0 bridgehead atoms. The van der Waals surface area contributed by atoms with E-state index in [0.29, 0.717) is 10.2 Å². The standard InChI is InChI=1S/C17H10ClN5O5/c18-12-7-10(8-14(23(26)27)15(12)28-6-5-19)9-20-22-16(24)11-3-1-2-4-13(11)21-17(22)25/h1-4,7-9H,6H2,(H,21,25). The van der Waals surface area contributed by atoms with E-state index in [1.54, 1.807) is 24.3 Å². The first-order chi connectivity index (χ1) is 13.4. The van der Waals surface area contributed by atoms with Gasteiger partial charge < -0.3 is 9.72 Å². The van der Waals surface area contributed by atoms with Crippen molar-refractivity contribution in [2.45, 2.75) is 0 Å². The first-order valence-corrected chi connectivity index (χ1v) is 8.06. The molecule has 10 nitrogen and oxygen atoms in total. The fourth-order valence-corrected chi connectivity index (χ4v) is 2.72. The molecule has 1 aromatic heterocycles. The van der Waals surface area contributed by atoms with Crippen molar-refractivity contribution in [3.8, 4) is 11.8 Å². The number of hydrogen-bond acceptors (Lipinski definition) is 7. The van der Waals surface area contributed by atoms with E-state index in [-0.39, 0.29) is 21.7 Å². The van der Waals surface area contributed by atoms with Gasteiger partial charge in [-0.05, 0) is 18.2 Å². The van der Waals surface area contributed by atoms with E-state index in [2.05, 4.69) is 10.1 Å². The first kappa shape index (κ1) is 18.8.